The van der Waals surface area contributed by atoms with E-state index in [1.807, 2.05) is 44.2 Å². The van der Waals surface area contributed by atoms with Crippen LogP contribution in [0.2, 0.25) is 5.02 Å². The van der Waals surface area contributed by atoms with Crippen LogP contribution in [0.25, 0.3) is 0 Å². The number of pyridine rings is 1. The van der Waals surface area contributed by atoms with Crippen molar-refractivity contribution >= 4 is 11.6 Å². The summed E-state index contributed by atoms with van der Waals surface area (Å²) in [7, 11) is 0. The molecule has 0 aliphatic rings. The number of halogens is 1. The minimum atomic E-state index is -0.0238. The molecule has 0 radical (unpaired) electrons. The lowest BCUT2D eigenvalue weighted by Crippen LogP contribution is -2.05. The molecule has 0 aliphatic carbocycles. The van der Waals surface area contributed by atoms with Crippen LogP contribution in [0.3, 0.4) is 0 Å². The molecule has 1 aromatic heterocycles. The molecule has 94 valence electrons. The number of benzene rings is 1. The Morgan fingerprint density at radius 1 is 1.28 bits per heavy atom. The second-order valence-electron chi connectivity index (χ2n) is 4.23. The monoisotopic (exact) mass is 262 g/mol. The highest BCUT2D eigenvalue weighted by molar-refractivity contribution is 6.31. The molecule has 0 amide bonds. The standard InChI is InChI=1S/C14H15ClN2O/c1-9-7-12(4-5-13(9)15)18-14-6-3-11(8-17-14)10(2)16/h3-8,10H,16H2,1-2H3. The van der Waals surface area contributed by atoms with Crippen LogP contribution in [-0.4, -0.2) is 4.98 Å². The number of aromatic nitrogens is 1. The van der Waals surface area contributed by atoms with Gasteiger partial charge in [-0.2, -0.15) is 0 Å². The van der Waals surface area contributed by atoms with Crippen LogP contribution in [0.15, 0.2) is 36.5 Å². The normalized spacial score (nSPS) is 12.2. The predicted octanol–water partition coefficient (Wildman–Crippen LogP) is 3.86. The molecule has 2 rings (SSSR count). The van der Waals surface area contributed by atoms with Crippen molar-refractivity contribution in [2.75, 3.05) is 0 Å². The van der Waals surface area contributed by atoms with E-state index >= 15 is 0 Å². The second kappa shape index (κ2) is 5.38. The molecule has 3 nitrogen and oxygen atoms in total. The summed E-state index contributed by atoms with van der Waals surface area (Å²) in [5.74, 6) is 1.26. The van der Waals surface area contributed by atoms with E-state index < -0.39 is 0 Å². The molecule has 1 aromatic carbocycles. The van der Waals surface area contributed by atoms with Crippen LogP contribution >= 0.6 is 11.6 Å². The summed E-state index contributed by atoms with van der Waals surface area (Å²) < 4.78 is 5.64. The predicted molar refractivity (Wildman–Crippen MR) is 73.1 cm³/mol. The Bertz CT molecular complexity index is 538. The minimum Gasteiger partial charge on any atom is -0.439 e. The Balaban J connectivity index is 2.15. The van der Waals surface area contributed by atoms with Crippen molar-refractivity contribution < 1.29 is 4.74 Å². The Morgan fingerprint density at radius 2 is 2.06 bits per heavy atom. The van der Waals surface area contributed by atoms with Crippen molar-refractivity contribution in [1.29, 1.82) is 0 Å². The van der Waals surface area contributed by atoms with Crippen molar-refractivity contribution in [1.82, 2.24) is 4.98 Å². The molecule has 1 unspecified atom stereocenters. The van der Waals surface area contributed by atoms with Crippen molar-refractivity contribution in [3.8, 4) is 11.6 Å². The van der Waals surface area contributed by atoms with Crippen LogP contribution in [0.1, 0.15) is 24.1 Å². The highest BCUT2D eigenvalue weighted by Crippen LogP contribution is 2.25. The maximum atomic E-state index is 5.95. The molecule has 18 heavy (non-hydrogen) atoms. The Morgan fingerprint density at radius 3 is 2.61 bits per heavy atom. The number of aryl methyl sites for hydroxylation is 1. The van der Waals surface area contributed by atoms with Gasteiger partial charge in [0, 0.05) is 23.3 Å². The fraction of sp³-hybridized carbons (Fsp3) is 0.214. The molecule has 0 bridgehead atoms. The second-order valence-corrected chi connectivity index (χ2v) is 4.64. The van der Waals surface area contributed by atoms with Gasteiger partial charge in [-0.05, 0) is 43.2 Å². The van der Waals surface area contributed by atoms with E-state index in [0.717, 1.165) is 21.9 Å². The van der Waals surface area contributed by atoms with Crippen LogP contribution in [-0.2, 0) is 0 Å². The molecular weight excluding hydrogens is 248 g/mol. The quantitative estimate of drug-likeness (QED) is 0.914. The molecule has 2 aromatic rings. The summed E-state index contributed by atoms with van der Waals surface area (Å²) in [6, 6.07) is 9.20. The van der Waals surface area contributed by atoms with Crippen LogP contribution in [0.4, 0.5) is 0 Å². The SMILES string of the molecule is Cc1cc(Oc2ccc(C(C)N)cn2)ccc1Cl. The molecule has 4 heteroatoms. The van der Waals surface area contributed by atoms with Crippen LogP contribution in [0.5, 0.6) is 11.6 Å². The molecule has 0 spiro atoms. The molecular formula is C14H15ClN2O. The van der Waals surface area contributed by atoms with Crippen LogP contribution < -0.4 is 10.5 Å². The maximum Gasteiger partial charge on any atom is 0.219 e. The van der Waals surface area contributed by atoms with Gasteiger partial charge in [0.15, 0.2) is 0 Å². The summed E-state index contributed by atoms with van der Waals surface area (Å²) in [6.07, 6.45) is 1.72. The minimum absolute atomic E-state index is 0.0238. The largest absolute Gasteiger partial charge is 0.439 e. The fourth-order valence-electron chi connectivity index (χ4n) is 1.52. The first-order valence-electron chi connectivity index (χ1n) is 5.72. The summed E-state index contributed by atoms with van der Waals surface area (Å²) in [5, 5.41) is 0.725. The van der Waals surface area contributed by atoms with Crippen molar-refractivity contribution in [2.24, 2.45) is 5.73 Å². The first kappa shape index (κ1) is 12.9. The van der Waals surface area contributed by atoms with E-state index in [4.69, 9.17) is 22.1 Å². The van der Waals surface area contributed by atoms with Gasteiger partial charge in [0.1, 0.15) is 5.75 Å². The van der Waals surface area contributed by atoms with Gasteiger partial charge in [-0.25, -0.2) is 4.98 Å². The zero-order valence-electron chi connectivity index (χ0n) is 10.4. The highest BCUT2D eigenvalue weighted by atomic mass is 35.5. The third-order valence-electron chi connectivity index (χ3n) is 2.64. The zero-order chi connectivity index (χ0) is 13.1. The number of nitrogens with zero attached hydrogens (tertiary/aromatic N) is 1. The first-order chi connectivity index (χ1) is 8.56. The average Bonchev–Trinajstić information content (AvgIpc) is 2.34. The van der Waals surface area contributed by atoms with Crippen molar-refractivity contribution in [3.05, 3.63) is 52.7 Å². The van der Waals surface area contributed by atoms with Gasteiger partial charge in [0.05, 0.1) is 0 Å². The Kier molecular flexibility index (Phi) is 3.84. The average molecular weight is 263 g/mol. The summed E-state index contributed by atoms with van der Waals surface area (Å²) in [6.45, 7) is 3.85. The molecule has 2 N–H and O–H groups in total. The lowest BCUT2D eigenvalue weighted by atomic mass is 10.2. The number of hydrogen-bond donors (Lipinski definition) is 1. The van der Waals surface area contributed by atoms with Crippen molar-refractivity contribution in [3.63, 3.8) is 0 Å². The van der Waals surface area contributed by atoms with E-state index in [1.165, 1.54) is 0 Å². The topological polar surface area (TPSA) is 48.1 Å². The van der Waals surface area contributed by atoms with Crippen LogP contribution in [0, 0.1) is 6.92 Å². The molecule has 1 heterocycles. The molecule has 0 saturated carbocycles. The summed E-state index contributed by atoms with van der Waals surface area (Å²) >= 11 is 5.95. The van der Waals surface area contributed by atoms with Gasteiger partial charge in [-0.1, -0.05) is 17.7 Å². The van der Waals surface area contributed by atoms with Gasteiger partial charge in [0.2, 0.25) is 5.88 Å². The molecule has 1 atom stereocenters. The lowest BCUT2D eigenvalue weighted by molar-refractivity contribution is 0.462. The lowest BCUT2D eigenvalue weighted by Gasteiger charge is -2.08. The van der Waals surface area contributed by atoms with E-state index in [9.17, 15) is 0 Å². The molecule has 0 fully saturated rings. The third kappa shape index (κ3) is 3.00. The maximum absolute atomic E-state index is 5.95. The van der Waals surface area contributed by atoms with Gasteiger partial charge in [-0.15, -0.1) is 0 Å². The number of nitrogens with two attached hydrogens (primary N) is 1. The molecule has 0 saturated heterocycles. The van der Waals surface area contributed by atoms with E-state index in [2.05, 4.69) is 4.98 Å². The zero-order valence-corrected chi connectivity index (χ0v) is 11.1. The van der Waals surface area contributed by atoms with Gasteiger partial charge >= 0.3 is 0 Å². The summed E-state index contributed by atoms with van der Waals surface area (Å²) in [5.41, 5.74) is 7.71. The van der Waals surface area contributed by atoms with E-state index in [1.54, 1.807) is 6.20 Å². The Hall–Kier alpha value is -1.58. The van der Waals surface area contributed by atoms with E-state index in [0.29, 0.717) is 5.88 Å². The van der Waals surface area contributed by atoms with Crippen molar-refractivity contribution in [2.45, 2.75) is 19.9 Å². The number of hydrogen-bond acceptors (Lipinski definition) is 3. The first-order valence-corrected chi connectivity index (χ1v) is 6.09. The Labute approximate surface area is 112 Å². The third-order valence-corrected chi connectivity index (χ3v) is 3.06. The smallest absolute Gasteiger partial charge is 0.219 e. The molecule has 0 aliphatic heterocycles. The van der Waals surface area contributed by atoms with E-state index in [-0.39, 0.29) is 6.04 Å². The fourth-order valence-corrected chi connectivity index (χ4v) is 1.64. The highest BCUT2D eigenvalue weighted by Gasteiger charge is 2.03. The van der Waals surface area contributed by atoms with Gasteiger partial charge < -0.3 is 10.5 Å². The van der Waals surface area contributed by atoms with Gasteiger partial charge in [0.25, 0.3) is 0 Å². The number of rotatable bonds is 3. The van der Waals surface area contributed by atoms with Gasteiger partial charge in [-0.3, -0.25) is 0 Å². The summed E-state index contributed by atoms with van der Waals surface area (Å²) in [4.78, 5) is 4.21. The number of ether oxygens (including phenoxy) is 1.